The molecule has 0 saturated carbocycles. The van der Waals surface area contributed by atoms with E-state index in [0.717, 1.165) is 17.8 Å². The van der Waals surface area contributed by atoms with Crippen molar-refractivity contribution in [3.05, 3.63) is 37.6 Å². The Hall–Kier alpha value is -1.21. The van der Waals surface area contributed by atoms with E-state index < -0.39 is 0 Å². The number of hydrogen-bond acceptors (Lipinski definition) is 5. The lowest BCUT2D eigenvalue weighted by atomic mass is 10.3. The summed E-state index contributed by atoms with van der Waals surface area (Å²) in [6, 6.07) is 0. The molecule has 5 nitrogen and oxygen atoms in total. The largest absolute Gasteiger partial charge is 0.376 e. The Morgan fingerprint density at radius 1 is 1.53 bits per heavy atom. The summed E-state index contributed by atoms with van der Waals surface area (Å²) in [6.45, 7) is 3.33. The molecule has 0 unspecified atom stereocenters. The van der Waals surface area contributed by atoms with Gasteiger partial charge in [-0.25, -0.2) is 9.67 Å². The van der Waals surface area contributed by atoms with Gasteiger partial charge in [-0.05, 0) is 22.4 Å². The predicted molar refractivity (Wildman–Crippen MR) is 80.5 cm³/mol. The van der Waals surface area contributed by atoms with Gasteiger partial charge < -0.3 is 5.32 Å². The van der Waals surface area contributed by atoms with Crippen molar-refractivity contribution in [3.63, 3.8) is 0 Å². The molecule has 0 fully saturated rings. The lowest BCUT2D eigenvalue weighted by molar-refractivity contribution is 0.541. The summed E-state index contributed by atoms with van der Waals surface area (Å²) >= 11 is 4.91. The molecule has 1 N–H and O–H groups in total. The number of anilines is 1. The van der Waals surface area contributed by atoms with Crippen LogP contribution in [0.25, 0.3) is 0 Å². The number of unbranched alkanes of at least 4 members (excludes halogenated alkanes) is 1. The van der Waals surface area contributed by atoms with E-state index in [4.69, 9.17) is 0 Å². The maximum atomic E-state index is 12.1. The summed E-state index contributed by atoms with van der Waals surface area (Å²) in [5.41, 5.74) is 0.602. The fourth-order valence-electron chi connectivity index (χ4n) is 1.57. The van der Waals surface area contributed by atoms with Crippen LogP contribution in [0.4, 0.5) is 5.69 Å². The Balaban J connectivity index is 2.09. The summed E-state index contributed by atoms with van der Waals surface area (Å²) < 4.78 is 2.01. The summed E-state index contributed by atoms with van der Waals surface area (Å²) in [6.07, 6.45) is 5.42. The van der Waals surface area contributed by atoms with Crippen LogP contribution in [0.1, 0.15) is 24.8 Å². The van der Waals surface area contributed by atoms with Crippen LogP contribution < -0.4 is 10.9 Å². The highest BCUT2D eigenvalue weighted by Gasteiger charge is 2.08. The minimum absolute atomic E-state index is 0.0995. The fourth-order valence-corrected chi connectivity index (χ4v) is 2.57. The fraction of sp³-hybridized carbons (Fsp3) is 0.417. The van der Waals surface area contributed by atoms with Gasteiger partial charge in [-0.3, -0.25) is 4.79 Å². The molecule has 0 spiro atoms. The molecule has 2 aromatic heterocycles. The molecular formula is C12H15BrN4OS. The van der Waals surface area contributed by atoms with Crippen LogP contribution >= 0.6 is 27.3 Å². The van der Waals surface area contributed by atoms with Crippen LogP contribution in [0.3, 0.4) is 0 Å². The van der Waals surface area contributed by atoms with Crippen molar-refractivity contribution in [1.82, 2.24) is 14.8 Å². The van der Waals surface area contributed by atoms with Crippen molar-refractivity contribution in [3.8, 4) is 0 Å². The molecular weight excluding hydrogens is 328 g/mol. The Labute approximate surface area is 123 Å². The van der Waals surface area contributed by atoms with E-state index in [-0.39, 0.29) is 5.56 Å². The van der Waals surface area contributed by atoms with Gasteiger partial charge in [-0.2, -0.15) is 5.10 Å². The number of hydrogen-bond donors (Lipinski definition) is 1. The van der Waals surface area contributed by atoms with Gasteiger partial charge in [0.2, 0.25) is 0 Å². The second-order valence-electron chi connectivity index (χ2n) is 4.03. The Bertz CT molecular complexity index is 582. The minimum atomic E-state index is -0.0995. The Morgan fingerprint density at radius 2 is 2.37 bits per heavy atom. The van der Waals surface area contributed by atoms with E-state index in [0.29, 0.717) is 23.2 Å². The molecule has 0 aliphatic heterocycles. The zero-order chi connectivity index (χ0) is 13.7. The molecule has 0 aliphatic carbocycles. The van der Waals surface area contributed by atoms with Crippen LogP contribution in [0, 0.1) is 0 Å². The highest BCUT2D eigenvalue weighted by atomic mass is 79.9. The zero-order valence-electron chi connectivity index (χ0n) is 10.6. The summed E-state index contributed by atoms with van der Waals surface area (Å²) in [7, 11) is 0. The molecule has 0 amide bonds. The third kappa shape index (κ3) is 3.63. The van der Waals surface area contributed by atoms with E-state index in [9.17, 15) is 4.79 Å². The molecule has 7 heteroatoms. The number of rotatable bonds is 6. The number of nitrogens with one attached hydrogen (secondary N) is 1. The summed E-state index contributed by atoms with van der Waals surface area (Å²) in [5, 5.41) is 10.2. The number of aryl methyl sites for hydroxylation is 1. The second-order valence-corrected chi connectivity index (χ2v) is 5.81. The van der Waals surface area contributed by atoms with Gasteiger partial charge in [0.05, 0.1) is 18.4 Å². The molecule has 2 rings (SSSR count). The van der Waals surface area contributed by atoms with Crippen molar-refractivity contribution in [2.24, 2.45) is 0 Å². The van der Waals surface area contributed by atoms with Gasteiger partial charge in [0.1, 0.15) is 9.48 Å². The zero-order valence-corrected chi connectivity index (χ0v) is 13.0. The Kier molecular flexibility index (Phi) is 5.09. The summed E-state index contributed by atoms with van der Waals surface area (Å²) in [5.74, 6) is 0. The van der Waals surface area contributed by atoms with Gasteiger partial charge in [-0.1, -0.05) is 13.3 Å². The number of aromatic nitrogens is 3. The van der Waals surface area contributed by atoms with Crippen molar-refractivity contribution >= 4 is 33.0 Å². The molecule has 0 bridgehead atoms. The average molecular weight is 343 g/mol. The second kappa shape index (κ2) is 6.81. The van der Waals surface area contributed by atoms with Gasteiger partial charge in [0.15, 0.2) is 0 Å². The van der Waals surface area contributed by atoms with E-state index in [2.05, 4.69) is 38.3 Å². The molecule has 0 aliphatic rings. The van der Waals surface area contributed by atoms with Gasteiger partial charge >= 0.3 is 0 Å². The van der Waals surface area contributed by atoms with E-state index in [1.54, 1.807) is 23.7 Å². The van der Waals surface area contributed by atoms with Gasteiger partial charge in [0.25, 0.3) is 5.56 Å². The maximum absolute atomic E-state index is 12.1. The highest BCUT2D eigenvalue weighted by molar-refractivity contribution is 9.10. The lowest BCUT2D eigenvalue weighted by Crippen LogP contribution is -2.24. The average Bonchev–Trinajstić information content (AvgIpc) is 2.92. The smallest absolute Gasteiger partial charge is 0.283 e. The van der Waals surface area contributed by atoms with Crippen molar-refractivity contribution in [2.45, 2.75) is 32.9 Å². The third-order valence-electron chi connectivity index (χ3n) is 2.62. The summed E-state index contributed by atoms with van der Waals surface area (Å²) in [4.78, 5) is 16.2. The molecule has 19 heavy (non-hydrogen) atoms. The predicted octanol–water partition coefficient (Wildman–Crippen LogP) is 2.87. The van der Waals surface area contributed by atoms with Crippen LogP contribution in [-0.4, -0.2) is 14.8 Å². The number of thiazole rings is 1. The van der Waals surface area contributed by atoms with Crippen LogP contribution in [-0.2, 0) is 13.1 Å². The first-order chi connectivity index (χ1) is 9.22. The topological polar surface area (TPSA) is 59.8 Å². The van der Waals surface area contributed by atoms with E-state index in [1.165, 1.54) is 4.68 Å². The molecule has 0 saturated heterocycles. The first-order valence-corrected chi connectivity index (χ1v) is 7.77. The molecule has 102 valence electrons. The molecule has 2 aromatic rings. The van der Waals surface area contributed by atoms with Crippen LogP contribution in [0.15, 0.2) is 27.0 Å². The van der Waals surface area contributed by atoms with Crippen LogP contribution in [0.5, 0.6) is 0 Å². The minimum Gasteiger partial charge on any atom is -0.376 e. The Morgan fingerprint density at radius 3 is 3.05 bits per heavy atom. The SMILES string of the molecule is CCCCn1ncc(NCc2nccs2)c(Br)c1=O. The van der Waals surface area contributed by atoms with E-state index >= 15 is 0 Å². The normalized spacial score (nSPS) is 10.6. The van der Waals surface area contributed by atoms with Gasteiger partial charge in [0, 0.05) is 18.1 Å². The number of nitrogens with zero attached hydrogens (tertiary/aromatic N) is 3. The lowest BCUT2D eigenvalue weighted by Gasteiger charge is -2.09. The molecule has 0 aromatic carbocycles. The monoisotopic (exact) mass is 342 g/mol. The standard InChI is InChI=1S/C12H15BrN4OS/c1-2-3-5-17-12(18)11(13)9(7-16-17)15-8-10-14-4-6-19-10/h4,6-7,15H,2-3,5,8H2,1H3. The molecule has 2 heterocycles. The van der Waals surface area contributed by atoms with Crippen molar-refractivity contribution < 1.29 is 0 Å². The van der Waals surface area contributed by atoms with Crippen molar-refractivity contribution in [1.29, 1.82) is 0 Å². The first kappa shape index (κ1) is 14.2. The third-order valence-corrected chi connectivity index (χ3v) is 4.17. The van der Waals surface area contributed by atoms with Crippen LogP contribution in [0.2, 0.25) is 0 Å². The highest BCUT2D eigenvalue weighted by Crippen LogP contribution is 2.17. The maximum Gasteiger partial charge on any atom is 0.283 e. The van der Waals surface area contributed by atoms with E-state index in [1.807, 2.05) is 5.38 Å². The van der Waals surface area contributed by atoms with Gasteiger partial charge in [-0.15, -0.1) is 11.3 Å². The van der Waals surface area contributed by atoms with Crippen molar-refractivity contribution in [2.75, 3.05) is 5.32 Å². The molecule has 0 radical (unpaired) electrons. The quantitative estimate of drug-likeness (QED) is 0.876. The number of halogens is 1. The molecule has 0 atom stereocenters. The first-order valence-electron chi connectivity index (χ1n) is 6.10.